The molecule has 3 rings (SSSR count). The summed E-state index contributed by atoms with van der Waals surface area (Å²) in [5.41, 5.74) is 11.9. The van der Waals surface area contributed by atoms with Gasteiger partial charge in [0, 0.05) is 6.04 Å². The van der Waals surface area contributed by atoms with Crippen LogP contribution in [0.25, 0.3) is 0 Å². The maximum absolute atomic E-state index is 6.42. The van der Waals surface area contributed by atoms with E-state index in [0.29, 0.717) is 0 Å². The summed E-state index contributed by atoms with van der Waals surface area (Å²) >= 11 is 0. The van der Waals surface area contributed by atoms with Crippen LogP contribution in [0.1, 0.15) is 53.5 Å². The summed E-state index contributed by atoms with van der Waals surface area (Å²) in [5.74, 6) is 0.778. The third-order valence-electron chi connectivity index (χ3n) is 4.62. The van der Waals surface area contributed by atoms with Gasteiger partial charge in [-0.2, -0.15) is 0 Å². The van der Waals surface area contributed by atoms with E-state index in [1.807, 2.05) is 0 Å². The topological polar surface area (TPSA) is 26.0 Å². The molecule has 2 N–H and O–H groups in total. The zero-order valence-corrected chi connectivity index (χ0v) is 12.2. The Labute approximate surface area is 121 Å². The minimum Gasteiger partial charge on any atom is -0.324 e. The van der Waals surface area contributed by atoms with Gasteiger partial charge in [-0.25, -0.2) is 0 Å². The van der Waals surface area contributed by atoms with E-state index in [2.05, 4.69) is 55.5 Å². The predicted octanol–water partition coefficient (Wildman–Crippen LogP) is 4.51. The van der Waals surface area contributed by atoms with Crippen LogP contribution in [-0.4, -0.2) is 0 Å². The van der Waals surface area contributed by atoms with Crippen LogP contribution < -0.4 is 5.73 Å². The SMILES string of the molecule is Cc1ccccc1CC(N)c1cccc(C2CCC2)c1. The zero-order chi connectivity index (χ0) is 13.9. The molecule has 2 aromatic carbocycles. The Kier molecular flexibility index (Phi) is 3.88. The van der Waals surface area contributed by atoms with Gasteiger partial charge in [-0.15, -0.1) is 0 Å². The van der Waals surface area contributed by atoms with Crippen molar-refractivity contribution in [2.75, 3.05) is 0 Å². The van der Waals surface area contributed by atoms with E-state index in [9.17, 15) is 0 Å². The minimum absolute atomic E-state index is 0.0936. The Morgan fingerprint density at radius 3 is 2.60 bits per heavy atom. The molecule has 0 heterocycles. The van der Waals surface area contributed by atoms with Gasteiger partial charge in [-0.05, 0) is 54.4 Å². The second-order valence-corrected chi connectivity index (χ2v) is 6.04. The minimum atomic E-state index is 0.0936. The number of nitrogens with two attached hydrogens (primary N) is 1. The van der Waals surface area contributed by atoms with E-state index in [1.54, 1.807) is 0 Å². The molecule has 20 heavy (non-hydrogen) atoms. The van der Waals surface area contributed by atoms with E-state index in [0.717, 1.165) is 12.3 Å². The normalized spacial score (nSPS) is 16.7. The van der Waals surface area contributed by atoms with Crippen molar-refractivity contribution in [1.82, 2.24) is 0 Å². The van der Waals surface area contributed by atoms with Crippen molar-refractivity contribution in [2.45, 2.75) is 44.6 Å². The van der Waals surface area contributed by atoms with Crippen LogP contribution in [0.2, 0.25) is 0 Å². The molecule has 0 bridgehead atoms. The van der Waals surface area contributed by atoms with Crippen molar-refractivity contribution in [3.63, 3.8) is 0 Å². The first-order valence-corrected chi connectivity index (χ1v) is 7.64. The van der Waals surface area contributed by atoms with Gasteiger partial charge in [0.1, 0.15) is 0 Å². The molecule has 0 aromatic heterocycles. The second kappa shape index (κ2) is 5.80. The van der Waals surface area contributed by atoms with Crippen molar-refractivity contribution < 1.29 is 0 Å². The molecular formula is C19H23N. The van der Waals surface area contributed by atoms with E-state index in [1.165, 1.54) is 41.5 Å². The molecule has 2 aromatic rings. The molecule has 0 radical (unpaired) electrons. The Bertz CT molecular complexity index is 584. The summed E-state index contributed by atoms with van der Waals surface area (Å²) in [7, 11) is 0. The second-order valence-electron chi connectivity index (χ2n) is 6.04. The van der Waals surface area contributed by atoms with Crippen LogP contribution in [0.5, 0.6) is 0 Å². The molecule has 1 fully saturated rings. The zero-order valence-electron chi connectivity index (χ0n) is 12.2. The maximum Gasteiger partial charge on any atom is 0.0335 e. The van der Waals surface area contributed by atoms with Crippen LogP contribution in [0.15, 0.2) is 48.5 Å². The molecule has 104 valence electrons. The Hall–Kier alpha value is -1.60. The van der Waals surface area contributed by atoms with Crippen molar-refractivity contribution in [2.24, 2.45) is 5.73 Å². The lowest BCUT2D eigenvalue weighted by Gasteiger charge is -2.26. The molecule has 1 atom stereocenters. The largest absolute Gasteiger partial charge is 0.324 e. The third kappa shape index (κ3) is 2.78. The summed E-state index contributed by atoms with van der Waals surface area (Å²) < 4.78 is 0. The summed E-state index contributed by atoms with van der Waals surface area (Å²) in [6.45, 7) is 2.16. The smallest absolute Gasteiger partial charge is 0.0335 e. The lowest BCUT2D eigenvalue weighted by atomic mass is 9.79. The van der Waals surface area contributed by atoms with Gasteiger partial charge in [-0.3, -0.25) is 0 Å². The van der Waals surface area contributed by atoms with Gasteiger partial charge in [-0.1, -0.05) is 55.0 Å². The first kappa shape index (κ1) is 13.4. The third-order valence-corrected chi connectivity index (χ3v) is 4.62. The van der Waals surface area contributed by atoms with E-state index >= 15 is 0 Å². The quantitative estimate of drug-likeness (QED) is 0.865. The average molecular weight is 265 g/mol. The molecule has 1 aliphatic carbocycles. The van der Waals surface area contributed by atoms with E-state index < -0.39 is 0 Å². The Morgan fingerprint density at radius 2 is 1.90 bits per heavy atom. The molecular weight excluding hydrogens is 242 g/mol. The molecule has 0 spiro atoms. The van der Waals surface area contributed by atoms with E-state index in [-0.39, 0.29) is 6.04 Å². The highest BCUT2D eigenvalue weighted by atomic mass is 14.6. The van der Waals surface area contributed by atoms with Gasteiger partial charge in [0.2, 0.25) is 0 Å². The molecule has 1 aliphatic rings. The monoisotopic (exact) mass is 265 g/mol. The summed E-state index contributed by atoms with van der Waals surface area (Å²) in [4.78, 5) is 0. The fourth-order valence-corrected chi connectivity index (χ4v) is 2.98. The van der Waals surface area contributed by atoms with E-state index in [4.69, 9.17) is 5.73 Å². The molecule has 0 saturated heterocycles. The molecule has 1 saturated carbocycles. The Morgan fingerprint density at radius 1 is 1.10 bits per heavy atom. The first-order chi connectivity index (χ1) is 9.74. The Balaban J connectivity index is 1.76. The van der Waals surface area contributed by atoms with Crippen molar-refractivity contribution in [1.29, 1.82) is 0 Å². The van der Waals surface area contributed by atoms with Crippen LogP contribution >= 0.6 is 0 Å². The summed E-state index contributed by atoms with van der Waals surface area (Å²) in [5, 5.41) is 0. The lowest BCUT2D eigenvalue weighted by molar-refractivity contribution is 0.419. The van der Waals surface area contributed by atoms with Crippen molar-refractivity contribution in [3.05, 3.63) is 70.8 Å². The summed E-state index contributed by atoms with van der Waals surface area (Å²) in [6.07, 6.45) is 4.98. The van der Waals surface area contributed by atoms with Crippen LogP contribution in [0.4, 0.5) is 0 Å². The molecule has 0 aliphatic heterocycles. The van der Waals surface area contributed by atoms with Crippen LogP contribution in [0, 0.1) is 6.92 Å². The highest BCUT2D eigenvalue weighted by molar-refractivity contribution is 5.32. The molecule has 1 nitrogen and oxygen atoms in total. The lowest BCUT2D eigenvalue weighted by Crippen LogP contribution is -2.15. The predicted molar refractivity (Wildman–Crippen MR) is 84.8 cm³/mol. The summed E-state index contributed by atoms with van der Waals surface area (Å²) in [6, 6.07) is 17.5. The number of rotatable bonds is 4. The molecule has 1 heteroatoms. The average Bonchev–Trinajstić information content (AvgIpc) is 2.40. The van der Waals surface area contributed by atoms with Crippen LogP contribution in [0.3, 0.4) is 0 Å². The van der Waals surface area contributed by atoms with Crippen molar-refractivity contribution >= 4 is 0 Å². The fourth-order valence-electron chi connectivity index (χ4n) is 2.98. The fraction of sp³-hybridized carbons (Fsp3) is 0.368. The number of benzene rings is 2. The first-order valence-electron chi connectivity index (χ1n) is 7.64. The van der Waals surface area contributed by atoms with Gasteiger partial charge in [0.05, 0.1) is 0 Å². The standard InChI is InChI=1S/C19H23N/c1-14-6-2-3-7-16(14)13-19(20)18-11-5-10-17(12-18)15-8-4-9-15/h2-3,5-7,10-12,15,19H,4,8-9,13,20H2,1H3. The van der Waals surface area contributed by atoms with Gasteiger partial charge < -0.3 is 5.73 Å². The van der Waals surface area contributed by atoms with Gasteiger partial charge in [0.25, 0.3) is 0 Å². The molecule has 0 amide bonds. The number of hydrogen-bond donors (Lipinski definition) is 1. The highest BCUT2D eigenvalue weighted by Gasteiger charge is 2.20. The van der Waals surface area contributed by atoms with Gasteiger partial charge >= 0.3 is 0 Å². The molecule has 1 unspecified atom stereocenters. The number of hydrogen-bond acceptors (Lipinski definition) is 1. The van der Waals surface area contributed by atoms with Gasteiger partial charge in [0.15, 0.2) is 0 Å². The van der Waals surface area contributed by atoms with Crippen molar-refractivity contribution in [3.8, 4) is 0 Å². The number of aryl methyl sites for hydroxylation is 1. The van der Waals surface area contributed by atoms with Crippen LogP contribution in [-0.2, 0) is 6.42 Å². The highest BCUT2D eigenvalue weighted by Crippen LogP contribution is 2.37. The maximum atomic E-state index is 6.42.